The zero-order valence-corrected chi connectivity index (χ0v) is 12.0. The predicted octanol–water partition coefficient (Wildman–Crippen LogP) is 1.49. The van der Waals surface area contributed by atoms with E-state index in [0.29, 0.717) is 25.3 Å². The Labute approximate surface area is 117 Å². The summed E-state index contributed by atoms with van der Waals surface area (Å²) in [4.78, 5) is 12.9. The first kappa shape index (κ1) is 13.3. The maximum atomic E-state index is 11.8. The first-order valence-electron chi connectivity index (χ1n) is 5.44. The van der Waals surface area contributed by atoms with Gasteiger partial charge in [-0.25, -0.2) is 4.68 Å². The van der Waals surface area contributed by atoms with E-state index in [4.69, 9.17) is 5.73 Å². The van der Waals surface area contributed by atoms with E-state index in [2.05, 4.69) is 26.3 Å². The molecule has 0 aliphatic rings. The van der Waals surface area contributed by atoms with Crippen molar-refractivity contribution in [3.05, 3.63) is 43.4 Å². The standard InChI is InChI=1S/C11H13BrN4OS/c12-10-2-1-9(18-10)7-16-11(17)5-8(6-15-16)14-4-3-13/h1-2,5-6,14H,3-4,7,13H2. The van der Waals surface area contributed by atoms with Crippen LogP contribution >= 0.6 is 27.3 Å². The third kappa shape index (κ3) is 3.41. The van der Waals surface area contributed by atoms with Gasteiger partial charge in [0.1, 0.15) is 0 Å². The third-order valence-corrected chi connectivity index (χ3v) is 3.89. The quantitative estimate of drug-likeness (QED) is 0.872. The Bertz CT molecular complexity index is 580. The molecule has 0 saturated heterocycles. The lowest BCUT2D eigenvalue weighted by Crippen LogP contribution is -2.23. The molecule has 0 aliphatic carbocycles. The molecule has 0 unspecified atom stereocenters. The van der Waals surface area contributed by atoms with Crippen molar-refractivity contribution in [2.75, 3.05) is 18.4 Å². The number of aromatic nitrogens is 2. The fourth-order valence-corrected chi connectivity index (χ4v) is 2.92. The minimum atomic E-state index is -0.124. The van der Waals surface area contributed by atoms with Crippen LogP contribution in [0.5, 0.6) is 0 Å². The van der Waals surface area contributed by atoms with E-state index < -0.39 is 0 Å². The average molecular weight is 329 g/mol. The van der Waals surface area contributed by atoms with Crippen molar-refractivity contribution in [3.8, 4) is 0 Å². The summed E-state index contributed by atoms with van der Waals surface area (Å²) < 4.78 is 2.48. The highest BCUT2D eigenvalue weighted by Gasteiger charge is 2.03. The molecule has 2 aromatic heterocycles. The SMILES string of the molecule is NCCNc1cnn(Cc2ccc(Br)s2)c(=O)c1. The molecule has 3 N–H and O–H groups in total. The van der Waals surface area contributed by atoms with E-state index in [-0.39, 0.29) is 5.56 Å². The minimum absolute atomic E-state index is 0.124. The molecule has 0 amide bonds. The van der Waals surface area contributed by atoms with Crippen LogP contribution in [0.1, 0.15) is 4.88 Å². The highest BCUT2D eigenvalue weighted by molar-refractivity contribution is 9.11. The maximum Gasteiger partial charge on any atom is 0.269 e. The summed E-state index contributed by atoms with van der Waals surface area (Å²) >= 11 is 4.99. The topological polar surface area (TPSA) is 72.9 Å². The van der Waals surface area contributed by atoms with Gasteiger partial charge >= 0.3 is 0 Å². The van der Waals surface area contributed by atoms with Gasteiger partial charge in [0.15, 0.2) is 0 Å². The number of rotatable bonds is 5. The van der Waals surface area contributed by atoms with Crippen LogP contribution in [0, 0.1) is 0 Å². The summed E-state index contributed by atoms with van der Waals surface area (Å²) in [5.41, 5.74) is 5.96. The molecule has 2 heterocycles. The van der Waals surface area contributed by atoms with Gasteiger partial charge < -0.3 is 11.1 Å². The molecule has 0 fully saturated rings. The maximum absolute atomic E-state index is 11.8. The summed E-state index contributed by atoms with van der Waals surface area (Å²) in [6, 6.07) is 5.47. The molecular formula is C11H13BrN4OS. The van der Waals surface area contributed by atoms with Crippen LogP contribution in [0.4, 0.5) is 5.69 Å². The second-order valence-corrected chi connectivity index (χ2v) is 6.21. The number of hydrogen-bond donors (Lipinski definition) is 2. The van der Waals surface area contributed by atoms with E-state index in [1.54, 1.807) is 17.5 Å². The molecule has 2 rings (SSSR count). The van der Waals surface area contributed by atoms with Crippen LogP contribution in [0.15, 0.2) is 33.0 Å². The highest BCUT2D eigenvalue weighted by atomic mass is 79.9. The summed E-state index contributed by atoms with van der Waals surface area (Å²) in [6.45, 7) is 1.64. The fraction of sp³-hybridized carbons (Fsp3) is 0.273. The number of nitrogens with zero attached hydrogens (tertiary/aromatic N) is 2. The van der Waals surface area contributed by atoms with Gasteiger partial charge in [-0.1, -0.05) is 0 Å². The Balaban J connectivity index is 2.12. The van der Waals surface area contributed by atoms with E-state index in [9.17, 15) is 4.79 Å². The molecule has 0 aliphatic heterocycles. The van der Waals surface area contributed by atoms with E-state index in [1.165, 1.54) is 10.7 Å². The van der Waals surface area contributed by atoms with Gasteiger partial charge in [-0.05, 0) is 28.1 Å². The number of nitrogens with one attached hydrogen (secondary N) is 1. The first-order valence-corrected chi connectivity index (χ1v) is 7.05. The molecule has 0 aromatic carbocycles. The monoisotopic (exact) mass is 328 g/mol. The molecule has 7 heteroatoms. The van der Waals surface area contributed by atoms with Crippen LogP contribution in [0.2, 0.25) is 0 Å². The zero-order chi connectivity index (χ0) is 13.0. The second-order valence-electron chi connectivity index (χ2n) is 3.66. The number of anilines is 1. The molecular weight excluding hydrogens is 316 g/mol. The second kappa shape index (κ2) is 6.12. The minimum Gasteiger partial charge on any atom is -0.382 e. The number of nitrogens with two attached hydrogens (primary N) is 1. The summed E-state index contributed by atoms with van der Waals surface area (Å²) in [7, 11) is 0. The van der Waals surface area contributed by atoms with Gasteiger partial charge in [0, 0.05) is 24.0 Å². The zero-order valence-electron chi connectivity index (χ0n) is 9.60. The van der Waals surface area contributed by atoms with E-state index >= 15 is 0 Å². The Morgan fingerprint density at radius 2 is 2.33 bits per heavy atom. The van der Waals surface area contributed by atoms with Crippen LogP contribution in [-0.2, 0) is 6.54 Å². The van der Waals surface area contributed by atoms with Gasteiger partial charge in [0.2, 0.25) is 0 Å². The third-order valence-electron chi connectivity index (χ3n) is 2.28. The molecule has 5 nitrogen and oxygen atoms in total. The lowest BCUT2D eigenvalue weighted by Gasteiger charge is -2.06. The molecule has 0 atom stereocenters. The Kier molecular flexibility index (Phi) is 4.51. The molecule has 0 radical (unpaired) electrons. The lowest BCUT2D eigenvalue weighted by atomic mass is 10.4. The molecule has 18 heavy (non-hydrogen) atoms. The van der Waals surface area contributed by atoms with Gasteiger partial charge in [-0.2, -0.15) is 5.10 Å². The predicted molar refractivity (Wildman–Crippen MR) is 77.2 cm³/mol. The van der Waals surface area contributed by atoms with Gasteiger partial charge in [-0.15, -0.1) is 11.3 Å². The van der Waals surface area contributed by atoms with Crippen LogP contribution in [0.3, 0.4) is 0 Å². The Morgan fingerprint density at radius 1 is 1.50 bits per heavy atom. The molecule has 2 aromatic rings. The fourth-order valence-electron chi connectivity index (χ4n) is 1.45. The Hall–Kier alpha value is -1.18. The number of hydrogen-bond acceptors (Lipinski definition) is 5. The summed E-state index contributed by atoms with van der Waals surface area (Å²) in [6.07, 6.45) is 1.64. The first-order chi connectivity index (χ1) is 8.69. The van der Waals surface area contributed by atoms with Gasteiger partial charge in [-0.3, -0.25) is 4.79 Å². The number of halogens is 1. The van der Waals surface area contributed by atoms with Crippen LogP contribution in [0.25, 0.3) is 0 Å². The van der Waals surface area contributed by atoms with Crippen molar-refractivity contribution < 1.29 is 0 Å². The molecule has 0 saturated carbocycles. The van der Waals surface area contributed by atoms with E-state index in [1.807, 2.05) is 12.1 Å². The summed E-state index contributed by atoms with van der Waals surface area (Å²) in [5, 5.41) is 7.15. The van der Waals surface area contributed by atoms with Crippen molar-refractivity contribution in [2.24, 2.45) is 5.73 Å². The highest BCUT2D eigenvalue weighted by Crippen LogP contribution is 2.22. The van der Waals surface area contributed by atoms with E-state index in [0.717, 1.165) is 8.66 Å². The van der Waals surface area contributed by atoms with Crippen molar-refractivity contribution >= 4 is 33.0 Å². The van der Waals surface area contributed by atoms with Gasteiger partial charge in [0.25, 0.3) is 5.56 Å². The summed E-state index contributed by atoms with van der Waals surface area (Å²) in [5.74, 6) is 0. The largest absolute Gasteiger partial charge is 0.382 e. The van der Waals surface area contributed by atoms with Crippen molar-refractivity contribution in [2.45, 2.75) is 6.54 Å². The van der Waals surface area contributed by atoms with Crippen molar-refractivity contribution in [1.29, 1.82) is 0 Å². The smallest absolute Gasteiger partial charge is 0.269 e. The van der Waals surface area contributed by atoms with Gasteiger partial charge in [0.05, 0.1) is 22.2 Å². The average Bonchev–Trinajstić information content (AvgIpc) is 2.75. The number of thiophene rings is 1. The van der Waals surface area contributed by atoms with Crippen LogP contribution in [-0.4, -0.2) is 22.9 Å². The molecule has 0 spiro atoms. The van der Waals surface area contributed by atoms with Crippen LogP contribution < -0.4 is 16.6 Å². The van der Waals surface area contributed by atoms with Crippen molar-refractivity contribution in [1.82, 2.24) is 9.78 Å². The normalized spacial score (nSPS) is 10.6. The lowest BCUT2D eigenvalue weighted by molar-refractivity contribution is 0.646. The Morgan fingerprint density at radius 3 is 2.94 bits per heavy atom. The molecule has 96 valence electrons. The van der Waals surface area contributed by atoms with Crippen molar-refractivity contribution in [3.63, 3.8) is 0 Å². The molecule has 0 bridgehead atoms.